The summed E-state index contributed by atoms with van der Waals surface area (Å²) in [6, 6.07) is 0. The molecule has 14 heavy (non-hydrogen) atoms. The van der Waals surface area contributed by atoms with Gasteiger partial charge in [-0.25, -0.2) is 0 Å². The van der Waals surface area contributed by atoms with Crippen LogP contribution in [-0.2, 0) is 0 Å². The summed E-state index contributed by atoms with van der Waals surface area (Å²) >= 11 is 0. The van der Waals surface area contributed by atoms with E-state index in [0.29, 0.717) is 0 Å². The predicted molar refractivity (Wildman–Crippen MR) is 47.4 cm³/mol. The molecule has 0 radical (unpaired) electrons. The van der Waals surface area contributed by atoms with Gasteiger partial charge in [-0.3, -0.25) is 0 Å². The van der Waals surface area contributed by atoms with E-state index in [9.17, 15) is 5.11 Å². The topological polar surface area (TPSA) is 121 Å². The standard InChI is InChI=1S/C8H18O6/c9-2-1-5(11)6(12)3-7(13)8(14)4-10/h5-14H,1-4H2. The number of rotatable bonds is 7. The van der Waals surface area contributed by atoms with Gasteiger partial charge in [-0.05, 0) is 6.42 Å². The summed E-state index contributed by atoms with van der Waals surface area (Å²) in [4.78, 5) is 0. The van der Waals surface area contributed by atoms with E-state index in [-0.39, 0.29) is 19.4 Å². The first kappa shape index (κ1) is 13.8. The average Bonchev–Trinajstić information content (AvgIpc) is 2.16. The first-order valence-corrected chi connectivity index (χ1v) is 4.46. The van der Waals surface area contributed by atoms with Gasteiger partial charge in [0.1, 0.15) is 6.10 Å². The van der Waals surface area contributed by atoms with Crippen LogP contribution >= 0.6 is 0 Å². The Bertz CT molecular complexity index is 142. The van der Waals surface area contributed by atoms with Gasteiger partial charge in [0.25, 0.3) is 0 Å². The van der Waals surface area contributed by atoms with Crippen LogP contribution in [0.25, 0.3) is 0 Å². The van der Waals surface area contributed by atoms with Crippen LogP contribution in [0.1, 0.15) is 12.8 Å². The maximum atomic E-state index is 9.25. The fourth-order valence-electron chi connectivity index (χ4n) is 1.01. The van der Waals surface area contributed by atoms with Crippen LogP contribution in [0.15, 0.2) is 0 Å². The highest BCUT2D eigenvalue weighted by Gasteiger charge is 2.23. The Labute approximate surface area is 82.1 Å². The quantitative estimate of drug-likeness (QED) is 0.270. The van der Waals surface area contributed by atoms with Crippen LogP contribution in [0, 0.1) is 0 Å². The zero-order valence-electron chi connectivity index (χ0n) is 7.82. The number of aliphatic hydroxyl groups excluding tert-OH is 6. The van der Waals surface area contributed by atoms with Crippen molar-refractivity contribution in [1.82, 2.24) is 0 Å². The minimum Gasteiger partial charge on any atom is -0.396 e. The summed E-state index contributed by atoms with van der Waals surface area (Å²) in [7, 11) is 0. The lowest BCUT2D eigenvalue weighted by Crippen LogP contribution is -2.37. The highest BCUT2D eigenvalue weighted by molar-refractivity contribution is 4.75. The minimum atomic E-state index is -1.33. The largest absolute Gasteiger partial charge is 0.396 e. The van der Waals surface area contributed by atoms with Crippen LogP contribution in [0.4, 0.5) is 0 Å². The second-order valence-electron chi connectivity index (χ2n) is 3.20. The van der Waals surface area contributed by atoms with Crippen molar-refractivity contribution in [1.29, 1.82) is 0 Å². The summed E-state index contributed by atoms with van der Waals surface area (Å²) in [5.74, 6) is 0. The second-order valence-corrected chi connectivity index (χ2v) is 3.20. The van der Waals surface area contributed by atoms with Crippen LogP contribution < -0.4 is 0 Å². The van der Waals surface area contributed by atoms with Gasteiger partial charge in [0.05, 0.1) is 24.9 Å². The molecule has 6 heteroatoms. The fraction of sp³-hybridized carbons (Fsp3) is 1.00. The maximum absolute atomic E-state index is 9.25. The van der Waals surface area contributed by atoms with Crippen LogP contribution in [0.2, 0.25) is 0 Å². The summed E-state index contributed by atoms with van der Waals surface area (Å²) in [5, 5.41) is 53.4. The molecular weight excluding hydrogens is 192 g/mol. The van der Waals surface area contributed by atoms with Crippen LogP contribution in [0.3, 0.4) is 0 Å². The Balaban J connectivity index is 3.85. The molecule has 0 aliphatic carbocycles. The molecule has 0 saturated carbocycles. The highest BCUT2D eigenvalue weighted by Crippen LogP contribution is 2.08. The molecule has 0 aromatic heterocycles. The molecule has 0 spiro atoms. The normalized spacial score (nSPS) is 20.1. The van der Waals surface area contributed by atoms with Gasteiger partial charge in [0.15, 0.2) is 0 Å². The first-order valence-electron chi connectivity index (χ1n) is 4.46. The summed E-state index contributed by atoms with van der Waals surface area (Å²) < 4.78 is 0. The third-order valence-corrected chi connectivity index (χ3v) is 1.98. The van der Waals surface area contributed by atoms with Crippen molar-refractivity contribution in [3.63, 3.8) is 0 Å². The molecule has 0 rings (SSSR count). The third kappa shape index (κ3) is 4.85. The fourth-order valence-corrected chi connectivity index (χ4v) is 1.01. The third-order valence-electron chi connectivity index (χ3n) is 1.98. The average molecular weight is 210 g/mol. The SMILES string of the molecule is OCCC(O)C(O)CC(O)C(O)CO. The Morgan fingerprint density at radius 3 is 1.64 bits per heavy atom. The van der Waals surface area contributed by atoms with Crippen molar-refractivity contribution in [2.24, 2.45) is 0 Å². The van der Waals surface area contributed by atoms with E-state index in [2.05, 4.69) is 0 Å². The van der Waals surface area contributed by atoms with Gasteiger partial charge in [-0.15, -0.1) is 0 Å². The van der Waals surface area contributed by atoms with Crippen LogP contribution in [0.5, 0.6) is 0 Å². The molecule has 0 amide bonds. The molecule has 6 nitrogen and oxygen atoms in total. The van der Waals surface area contributed by atoms with Gasteiger partial charge in [-0.1, -0.05) is 0 Å². The molecule has 86 valence electrons. The lowest BCUT2D eigenvalue weighted by atomic mass is 10.0. The smallest absolute Gasteiger partial charge is 0.103 e. The van der Waals surface area contributed by atoms with E-state index in [4.69, 9.17) is 25.5 Å². The van der Waals surface area contributed by atoms with Crippen molar-refractivity contribution in [3.8, 4) is 0 Å². The van der Waals surface area contributed by atoms with E-state index in [1.807, 2.05) is 0 Å². The van der Waals surface area contributed by atoms with Crippen molar-refractivity contribution in [3.05, 3.63) is 0 Å². The van der Waals surface area contributed by atoms with E-state index in [1.54, 1.807) is 0 Å². The van der Waals surface area contributed by atoms with Crippen molar-refractivity contribution in [2.45, 2.75) is 37.3 Å². The van der Waals surface area contributed by atoms with E-state index >= 15 is 0 Å². The number of hydrogen-bond acceptors (Lipinski definition) is 6. The summed E-state index contributed by atoms with van der Waals surface area (Å²) in [6.45, 7) is -0.874. The Kier molecular flexibility index (Phi) is 6.98. The molecule has 0 saturated heterocycles. The number of aliphatic hydroxyl groups is 6. The second kappa shape index (κ2) is 7.10. The Morgan fingerprint density at radius 2 is 1.21 bits per heavy atom. The molecule has 4 unspecified atom stereocenters. The van der Waals surface area contributed by atoms with Gasteiger partial charge in [-0.2, -0.15) is 0 Å². The van der Waals surface area contributed by atoms with Gasteiger partial charge in [0.2, 0.25) is 0 Å². The first-order chi connectivity index (χ1) is 6.52. The zero-order chi connectivity index (χ0) is 11.1. The van der Waals surface area contributed by atoms with Gasteiger partial charge in [0, 0.05) is 13.0 Å². The molecule has 0 aliphatic rings. The maximum Gasteiger partial charge on any atom is 0.103 e. The van der Waals surface area contributed by atoms with Crippen molar-refractivity contribution in [2.75, 3.05) is 13.2 Å². The molecular formula is C8H18O6. The summed E-state index contributed by atoms with van der Waals surface area (Å²) in [6.07, 6.45) is -5.22. The highest BCUT2D eigenvalue weighted by atomic mass is 16.4. The molecule has 0 bridgehead atoms. The van der Waals surface area contributed by atoms with Gasteiger partial charge >= 0.3 is 0 Å². The summed E-state index contributed by atoms with van der Waals surface area (Å²) in [5.41, 5.74) is 0. The van der Waals surface area contributed by atoms with Crippen LogP contribution in [-0.4, -0.2) is 68.3 Å². The molecule has 6 N–H and O–H groups in total. The molecule has 0 aliphatic heterocycles. The molecule has 0 fully saturated rings. The van der Waals surface area contributed by atoms with E-state index in [0.717, 1.165) is 0 Å². The lowest BCUT2D eigenvalue weighted by Gasteiger charge is -2.22. The molecule has 0 aromatic rings. The Hall–Kier alpha value is -0.240. The molecule has 4 atom stereocenters. The van der Waals surface area contributed by atoms with Crippen molar-refractivity contribution >= 4 is 0 Å². The van der Waals surface area contributed by atoms with Gasteiger partial charge < -0.3 is 30.6 Å². The monoisotopic (exact) mass is 210 g/mol. The van der Waals surface area contributed by atoms with E-state index < -0.39 is 31.0 Å². The predicted octanol–water partition coefficient (Wildman–Crippen LogP) is -2.81. The molecule has 0 heterocycles. The zero-order valence-corrected chi connectivity index (χ0v) is 7.82. The minimum absolute atomic E-state index is 0.00308. The van der Waals surface area contributed by atoms with E-state index in [1.165, 1.54) is 0 Å². The lowest BCUT2D eigenvalue weighted by molar-refractivity contribution is -0.0645. The van der Waals surface area contributed by atoms with Crippen molar-refractivity contribution < 1.29 is 30.6 Å². The Morgan fingerprint density at radius 1 is 0.714 bits per heavy atom. The molecule has 0 aromatic carbocycles. The number of hydrogen-bond donors (Lipinski definition) is 6.